The highest BCUT2D eigenvalue weighted by Crippen LogP contribution is 2.32. The second-order valence-corrected chi connectivity index (χ2v) is 7.27. The zero-order valence-corrected chi connectivity index (χ0v) is 13.0. The summed E-state index contributed by atoms with van der Waals surface area (Å²) in [5, 5.41) is 4.21. The second-order valence-electron chi connectivity index (χ2n) is 5.98. The minimum absolute atomic E-state index is 0.0905. The monoisotopic (exact) mass is 294 g/mol. The van der Waals surface area contributed by atoms with Gasteiger partial charge in [-0.05, 0) is 45.3 Å². The summed E-state index contributed by atoms with van der Waals surface area (Å²) in [7, 11) is -0.131. The average Bonchev–Trinajstić information content (AvgIpc) is 2.82. The average molecular weight is 295 g/mol. The van der Waals surface area contributed by atoms with Gasteiger partial charge in [-0.15, -0.1) is 11.3 Å². The molecule has 1 saturated heterocycles. The molecule has 0 aliphatic carbocycles. The molecule has 1 fully saturated rings. The molecular weight excluding hydrogens is 278 g/mol. The van der Waals surface area contributed by atoms with Gasteiger partial charge in [0.1, 0.15) is 0 Å². The molecule has 0 spiro atoms. The van der Waals surface area contributed by atoms with Gasteiger partial charge in [0.05, 0.1) is 26.4 Å². The summed E-state index contributed by atoms with van der Waals surface area (Å²) in [4.78, 5) is 4.27. The van der Waals surface area contributed by atoms with Crippen molar-refractivity contribution in [1.82, 2.24) is 10.2 Å². The second kappa shape index (κ2) is 4.19. The van der Waals surface area contributed by atoms with Crippen LogP contribution in [-0.4, -0.2) is 23.2 Å². The molecule has 1 aromatic carbocycles. The van der Waals surface area contributed by atoms with E-state index >= 15 is 0 Å². The highest BCUT2D eigenvalue weighted by molar-refractivity contribution is 7.16. The van der Waals surface area contributed by atoms with Gasteiger partial charge in [0.2, 0.25) is 0 Å². The number of hydrogen-bond donors (Lipinski definition) is 1. The van der Waals surface area contributed by atoms with E-state index in [0.29, 0.717) is 5.02 Å². The van der Waals surface area contributed by atoms with Crippen LogP contribution in [0.15, 0.2) is 17.6 Å². The quantitative estimate of drug-likeness (QED) is 0.821. The molecule has 2 aromatic rings. The highest BCUT2D eigenvalue weighted by atomic mass is 35.5. The van der Waals surface area contributed by atoms with E-state index in [-0.39, 0.29) is 18.2 Å². The van der Waals surface area contributed by atoms with Gasteiger partial charge in [-0.3, -0.25) is 0 Å². The van der Waals surface area contributed by atoms with Crippen LogP contribution in [0, 0.1) is 0 Å². The zero-order valence-electron chi connectivity index (χ0n) is 11.5. The summed E-state index contributed by atoms with van der Waals surface area (Å²) in [5.41, 5.74) is 3.42. The number of nitrogens with zero attached hydrogens (tertiary/aromatic N) is 1. The van der Waals surface area contributed by atoms with Crippen LogP contribution in [0.3, 0.4) is 0 Å². The van der Waals surface area contributed by atoms with Crippen molar-refractivity contribution in [2.24, 2.45) is 0 Å². The summed E-state index contributed by atoms with van der Waals surface area (Å²) >= 11 is 7.88. The number of fused-ring (bicyclic) bond motifs is 1. The zero-order chi connectivity index (χ0) is 13.8. The molecule has 0 amide bonds. The number of rotatable bonds is 1. The molecule has 3 nitrogen and oxygen atoms in total. The summed E-state index contributed by atoms with van der Waals surface area (Å²) in [5.74, 6) is 0. The fourth-order valence-corrected chi connectivity index (χ4v) is 3.30. The highest BCUT2D eigenvalue weighted by Gasteiger charge is 2.49. The molecule has 6 heteroatoms. The van der Waals surface area contributed by atoms with E-state index in [0.717, 1.165) is 15.7 Å². The Kier molecular flexibility index (Phi) is 2.95. The molecule has 1 aliphatic rings. The van der Waals surface area contributed by atoms with Crippen LogP contribution in [0.2, 0.25) is 5.02 Å². The smallest absolute Gasteiger partial charge is 0.411 e. The largest absolute Gasteiger partial charge is 0.416 e. The molecule has 0 saturated carbocycles. The Morgan fingerprint density at radius 3 is 2.68 bits per heavy atom. The molecule has 1 N–H and O–H groups in total. The molecule has 0 bridgehead atoms. The first-order valence-electron chi connectivity index (χ1n) is 6.28. The molecular formula is C13H16BClN2OS. The third-order valence-corrected chi connectivity index (χ3v) is 5.19. The summed E-state index contributed by atoms with van der Waals surface area (Å²) in [6.07, 6.45) is 0. The maximum absolute atomic E-state index is 6.28. The fraction of sp³-hybridized carbons (Fsp3) is 0.462. The lowest BCUT2D eigenvalue weighted by molar-refractivity contribution is 0.0750. The first-order chi connectivity index (χ1) is 8.80. The molecule has 0 atom stereocenters. The minimum atomic E-state index is -0.229. The lowest BCUT2D eigenvalue weighted by Crippen LogP contribution is -2.51. The van der Waals surface area contributed by atoms with Crippen LogP contribution < -0.4 is 10.7 Å². The van der Waals surface area contributed by atoms with E-state index in [1.54, 1.807) is 11.3 Å². The first kappa shape index (κ1) is 13.4. The molecule has 100 valence electrons. The predicted molar refractivity (Wildman–Crippen MR) is 82.4 cm³/mol. The third kappa shape index (κ3) is 2.09. The molecule has 1 aromatic heterocycles. The number of halogens is 1. The normalized spacial score (nSPS) is 21.2. The first-order valence-corrected chi connectivity index (χ1v) is 7.54. The van der Waals surface area contributed by atoms with Crippen LogP contribution in [0.5, 0.6) is 0 Å². The van der Waals surface area contributed by atoms with Crippen molar-refractivity contribution < 1.29 is 4.65 Å². The van der Waals surface area contributed by atoms with Gasteiger partial charge in [0.15, 0.2) is 0 Å². The SMILES string of the molecule is CC1(C)NB(c2cc(Cl)c3ncsc3c2)OC1(C)C. The van der Waals surface area contributed by atoms with Gasteiger partial charge < -0.3 is 9.88 Å². The van der Waals surface area contributed by atoms with Crippen molar-refractivity contribution in [2.45, 2.75) is 38.8 Å². The maximum atomic E-state index is 6.28. The molecule has 0 unspecified atom stereocenters. The van der Waals surface area contributed by atoms with Gasteiger partial charge >= 0.3 is 7.05 Å². The molecule has 0 radical (unpaired) electrons. The summed E-state index contributed by atoms with van der Waals surface area (Å²) in [6.45, 7) is 8.51. The standard InChI is InChI=1S/C13H16BClN2OS/c1-12(2)13(3,4)18-14(17-12)8-5-9(15)11-10(6-8)19-7-16-11/h5-7,17H,1-4H3. The Morgan fingerprint density at radius 2 is 2.05 bits per heavy atom. The number of aromatic nitrogens is 1. The molecule has 3 rings (SSSR count). The third-order valence-electron chi connectivity index (χ3n) is 4.12. The molecule has 2 heterocycles. The van der Waals surface area contributed by atoms with Crippen LogP contribution in [0.4, 0.5) is 0 Å². The summed E-state index contributed by atoms with van der Waals surface area (Å²) < 4.78 is 7.24. The van der Waals surface area contributed by atoms with E-state index in [4.69, 9.17) is 16.3 Å². The number of nitrogens with one attached hydrogen (secondary N) is 1. The van der Waals surface area contributed by atoms with Crippen LogP contribution in [0.1, 0.15) is 27.7 Å². The number of thiazole rings is 1. The van der Waals surface area contributed by atoms with E-state index in [9.17, 15) is 0 Å². The van der Waals surface area contributed by atoms with E-state index in [1.807, 2.05) is 11.6 Å². The predicted octanol–water partition coefficient (Wildman–Crippen LogP) is 2.82. The van der Waals surface area contributed by atoms with Crippen LogP contribution >= 0.6 is 22.9 Å². The topological polar surface area (TPSA) is 34.2 Å². The van der Waals surface area contributed by atoms with Crippen molar-refractivity contribution in [3.05, 3.63) is 22.7 Å². The van der Waals surface area contributed by atoms with Gasteiger partial charge in [-0.2, -0.15) is 0 Å². The van der Waals surface area contributed by atoms with Gasteiger partial charge in [-0.25, -0.2) is 4.98 Å². The van der Waals surface area contributed by atoms with Crippen molar-refractivity contribution in [3.63, 3.8) is 0 Å². The Labute approximate surface area is 122 Å². The molecule has 1 aliphatic heterocycles. The Bertz CT molecular complexity index is 625. The van der Waals surface area contributed by atoms with Crippen molar-refractivity contribution in [3.8, 4) is 0 Å². The van der Waals surface area contributed by atoms with Gasteiger partial charge in [0.25, 0.3) is 0 Å². The van der Waals surface area contributed by atoms with Crippen molar-refractivity contribution >= 4 is 45.7 Å². The van der Waals surface area contributed by atoms with Crippen LogP contribution in [-0.2, 0) is 4.65 Å². The van der Waals surface area contributed by atoms with Crippen LogP contribution in [0.25, 0.3) is 10.2 Å². The Hall–Kier alpha value is -0.615. The van der Waals surface area contributed by atoms with Gasteiger partial charge in [-0.1, -0.05) is 11.6 Å². The van der Waals surface area contributed by atoms with Gasteiger partial charge in [0, 0.05) is 5.54 Å². The Morgan fingerprint density at radius 1 is 1.32 bits per heavy atom. The van der Waals surface area contributed by atoms with Crippen molar-refractivity contribution in [1.29, 1.82) is 0 Å². The summed E-state index contributed by atoms with van der Waals surface area (Å²) in [6, 6.07) is 4.05. The number of benzene rings is 1. The maximum Gasteiger partial charge on any atom is 0.416 e. The Balaban J connectivity index is 2.02. The van der Waals surface area contributed by atoms with Crippen molar-refractivity contribution in [2.75, 3.05) is 0 Å². The fourth-order valence-electron chi connectivity index (χ4n) is 2.22. The molecule has 19 heavy (non-hydrogen) atoms. The minimum Gasteiger partial charge on any atom is -0.411 e. The van der Waals surface area contributed by atoms with E-state index < -0.39 is 0 Å². The van der Waals surface area contributed by atoms with E-state index in [2.05, 4.69) is 44.0 Å². The van der Waals surface area contributed by atoms with E-state index in [1.165, 1.54) is 0 Å². The number of hydrogen-bond acceptors (Lipinski definition) is 4. The lowest BCUT2D eigenvalue weighted by Gasteiger charge is -2.33. The lowest BCUT2D eigenvalue weighted by atomic mass is 9.73.